The van der Waals surface area contributed by atoms with Gasteiger partial charge in [-0.1, -0.05) is 41.9 Å². The average Bonchev–Trinajstić information content (AvgIpc) is 3.18. The van der Waals surface area contributed by atoms with Gasteiger partial charge in [0.1, 0.15) is 19.6 Å². The maximum atomic E-state index is 12.8. The minimum atomic E-state index is -0.651. The van der Waals surface area contributed by atoms with Gasteiger partial charge in [-0.05, 0) is 24.8 Å². The molecule has 1 aliphatic heterocycles. The monoisotopic (exact) mass is 401 g/mol. The van der Waals surface area contributed by atoms with Crippen LogP contribution in [-0.4, -0.2) is 35.3 Å². The molecule has 0 aliphatic carbocycles. The lowest BCUT2D eigenvalue weighted by Gasteiger charge is -2.26. The van der Waals surface area contributed by atoms with Gasteiger partial charge in [-0.25, -0.2) is 4.57 Å². The molecular weight excluding hydrogens is 376 g/mol. The van der Waals surface area contributed by atoms with Gasteiger partial charge < -0.3 is 16.0 Å². The number of nitrogens with one attached hydrogen (secondary N) is 1. The maximum Gasteiger partial charge on any atom is 0.243 e. The number of benzene rings is 1. The van der Waals surface area contributed by atoms with E-state index in [0.717, 1.165) is 17.7 Å². The number of rotatable bonds is 6. The predicted molar refractivity (Wildman–Crippen MR) is 107 cm³/mol. The normalized spacial score (nSPS) is 17.4. The quantitative estimate of drug-likeness (QED) is 0.717. The van der Waals surface area contributed by atoms with Crippen LogP contribution in [0.3, 0.4) is 0 Å². The van der Waals surface area contributed by atoms with Gasteiger partial charge in [-0.3, -0.25) is 9.59 Å². The van der Waals surface area contributed by atoms with Crippen LogP contribution >= 0.6 is 11.6 Å². The highest BCUT2D eigenvalue weighted by molar-refractivity contribution is 6.30. The zero-order chi connectivity index (χ0) is 20.1. The molecule has 2 heterocycles. The van der Waals surface area contributed by atoms with E-state index in [9.17, 15) is 9.59 Å². The minimum Gasteiger partial charge on any atom is -0.344 e. The number of pyridine rings is 1. The van der Waals surface area contributed by atoms with Crippen molar-refractivity contribution in [2.75, 3.05) is 6.54 Å². The van der Waals surface area contributed by atoms with E-state index >= 15 is 0 Å². The van der Waals surface area contributed by atoms with Crippen molar-refractivity contribution in [2.45, 2.75) is 37.9 Å². The van der Waals surface area contributed by atoms with Gasteiger partial charge >= 0.3 is 0 Å². The lowest BCUT2D eigenvalue weighted by molar-refractivity contribution is -0.679. The lowest BCUT2D eigenvalue weighted by Crippen LogP contribution is -2.52. The topological polar surface area (TPSA) is 79.3 Å². The van der Waals surface area contributed by atoms with Crippen molar-refractivity contribution in [1.29, 1.82) is 0 Å². The maximum absolute atomic E-state index is 12.8. The molecule has 2 aromatic rings. The second-order valence-electron chi connectivity index (χ2n) is 7.15. The molecule has 2 amide bonds. The van der Waals surface area contributed by atoms with E-state index in [1.165, 1.54) is 0 Å². The minimum absolute atomic E-state index is 0.155. The first kappa shape index (κ1) is 20.3. The van der Waals surface area contributed by atoms with Crippen LogP contribution in [-0.2, 0) is 29.6 Å². The Morgan fingerprint density at radius 2 is 2.07 bits per heavy atom. The summed E-state index contributed by atoms with van der Waals surface area (Å²) in [4.78, 5) is 27.2. The van der Waals surface area contributed by atoms with E-state index in [1.807, 2.05) is 54.2 Å². The summed E-state index contributed by atoms with van der Waals surface area (Å²) in [6.07, 6.45) is 3.75. The van der Waals surface area contributed by atoms with Crippen molar-refractivity contribution in [2.24, 2.45) is 12.8 Å². The summed E-state index contributed by atoms with van der Waals surface area (Å²) < 4.78 is 1.90. The Morgan fingerprint density at radius 1 is 1.32 bits per heavy atom. The van der Waals surface area contributed by atoms with Gasteiger partial charge in [0, 0.05) is 18.7 Å². The summed E-state index contributed by atoms with van der Waals surface area (Å²) in [5.41, 5.74) is 8.05. The highest BCUT2D eigenvalue weighted by Crippen LogP contribution is 2.19. The van der Waals surface area contributed by atoms with Crippen LogP contribution in [0.1, 0.15) is 24.1 Å². The number of nitrogens with two attached hydrogens (primary N) is 1. The molecule has 0 spiro atoms. The Kier molecular flexibility index (Phi) is 6.65. The fourth-order valence-electron chi connectivity index (χ4n) is 3.53. The first-order chi connectivity index (χ1) is 13.5. The summed E-state index contributed by atoms with van der Waals surface area (Å²) >= 11 is 6.03. The van der Waals surface area contributed by atoms with Gasteiger partial charge in [0.25, 0.3) is 0 Å². The molecule has 1 aromatic carbocycles. The first-order valence-electron chi connectivity index (χ1n) is 9.47. The van der Waals surface area contributed by atoms with E-state index in [0.29, 0.717) is 31.0 Å². The second kappa shape index (κ2) is 9.17. The van der Waals surface area contributed by atoms with Gasteiger partial charge in [-0.15, -0.1) is 0 Å². The third-order valence-corrected chi connectivity index (χ3v) is 5.35. The molecule has 28 heavy (non-hydrogen) atoms. The van der Waals surface area contributed by atoms with Crippen molar-refractivity contribution >= 4 is 23.4 Å². The molecule has 0 saturated carbocycles. The number of hydrogen-bond donors (Lipinski definition) is 2. The van der Waals surface area contributed by atoms with E-state index in [1.54, 1.807) is 11.0 Å². The number of halogens is 1. The summed E-state index contributed by atoms with van der Waals surface area (Å²) in [5, 5.41) is 3.55. The Labute approximate surface area is 170 Å². The number of hydrogen-bond acceptors (Lipinski definition) is 3. The summed E-state index contributed by atoms with van der Waals surface area (Å²) in [6.45, 7) is 0.912. The largest absolute Gasteiger partial charge is 0.344 e. The summed E-state index contributed by atoms with van der Waals surface area (Å²) in [6, 6.07) is 12.2. The van der Waals surface area contributed by atoms with Crippen LogP contribution < -0.4 is 15.6 Å². The molecule has 148 valence electrons. The smallest absolute Gasteiger partial charge is 0.243 e. The van der Waals surface area contributed by atoms with Crippen molar-refractivity contribution in [3.05, 3.63) is 64.9 Å². The molecule has 6 nitrogen and oxygen atoms in total. The first-order valence-corrected chi connectivity index (χ1v) is 9.85. The summed E-state index contributed by atoms with van der Waals surface area (Å²) in [5.74, 6) is -0.326. The molecule has 0 unspecified atom stereocenters. The fourth-order valence-corrected chi connectivity index (χ4v) is 3.71. The molecule has 3 N–H and O–H groups in total. The number of carbonyl (C=O) groups excluding carboxylic acids is 2. The van der Waals surface area contributed by atoms with E-state index in [2.05, 4.69) is 5.32 Å². The molecule has 1 saturated heterocycles. The fraction of sp³-hybridized carbons (Fsp3) is 0.381. The number of aromatic nitrogens is 1. The molecule has 1 fully saturated rings. The van der Waals surface area contributed by atoms with Gasteiger partial charge in [0.05, 0.1) is 11.1 Å². The number of aryl methyl sites for hydroxylation is 1. The third-order valence-electron chi connectivity index (χ3n) is 5.11. The van der Waals surface area contributed by atoms with Crippen LogP contribution in [0.5, 0.6) is 0 Å². The van der Waals surface area contributed by atoms with Gasteiger partial charge in [0.2, 0.25) is 17.5 Å². The highest BCUT2D eigenvalue weighted by atomic mass is 35.5. The van der Waals surface area contributed by atoms with Gasteiger partial charge in [0.15, 0.2) is 6.20 Å². The molecular formula is C21H26ClN4O2+. The van der Waals surface area contributed by atoms with E-state index in [-0.39, 0.29) is 11.8 Å². The molecule has 7 heteroatoms. The molecule has 1 aliphatic rings. The summed E-state index contributed by atoms with van der Waals surface area (Å²) in [7, 11) is 1.89. The van der Waals surface area contributed by atoms with Crippen molar-refractivity contribution in [3.63, 3.8) is 0 Å². The van der Waals surface area contributed by atoms with Crippen molar-refractivity contribution in [1.82, 2.24) is 10.2 Å². The van der Waals surface area contributed by atoms with Gasteiger partial charge in [-0.2, -0.15) is 0 Å². The van der Waals surface area contributed by atoms with Crippen LogP contribution in [0, 0.1) is 0 Å². The van der Waals surface area contributed by atoms with Crippen LogP contribution in [0.15, 0.2) is 48.7 Å². The number of carbonyl (C=O) groups is 2. The average molecular weight is 402 g/mol. The molecule has 0 bridgehead atoms. The Balaban J connectivity index is 1.60. The molecule has 3 rings (SSSR count). The zero-order valence-corrected chi connectivity index (χ0v) is 16.7. The molecule has 0 radical (unpaired) electrons. The third kappa shape index (κ3) is 4.88. The second-order valence-corrected chi connectivity index (χ2v) is 7.59. The van der Waals surface area contributed by atoms with Crippen LogP contribution in [0.4, 0.5) is 0 Å². The Morgan fingerprint density at radius 3 is 2.82 bits per heavy atom. The standard InChI is InChI=1S/C21H25ClN4O2/c1-25-11-9-16(22)13-17(25)14-24-20(27)19-8-5-10-26(19)21(28)18(23)12-15-6-3-2-4-7-15/h2-4,6-7,9,11,13,18-19H,5,8,10,12,14,23H2,1H3/p+1/t18-,19+/m1/s1. The van der Waals surface area contributed by atoms with E-state index in [4.69, 9.17) is 17.3 Å². The molecule has 2 atom stereocenters. The Hall–Kier alpha value is -2.44. The number of likely N-dealkylation sites (tertiary alicyclic amines) is 1. The Bertz CT molecular complexity index is 844. The SMILES string of the molecule is C[n+]1ccc(Cl)cc1CNC(=O)[C@@H]1CCCN1C(=O)[C@H](N)Cc1ccccc1. The molecule has 1 aromatic heterocycles. The predicted octanol–water partition coefficient (Wildman–Crippen LogP) is 1.34. The lowest BCUT2D eigenvalue weighted by atomic mass is 10.1. The van der Waals surface area contributed by atoms with E-state index < -0.39 is 12.1 Å². The number of nitrogens with zero attached hydrogens (tertiary/aromatic N) is 2. The van der Waals surface area contributed by atoms with Crippen LogP contribution in [0.25, 0.3) is 0 Å². The van der Waals surface area contributed by atoms with Crippen molar-refractivity contribution < 1.29 is 14.2 Å². The zero-order valence-electron chi connectivity index (χ0n) is 16.0. The highest BCUT2D eigenvalue weighted by Gasteiger charge is 2.36. The van der Waals surface area contributed by atoms with Crippen LogP contribution in [0.2, 0.25) is 5.02 Å². The van der Waals surface area contributed by atoms with Crippen molar-refractivity contribution in [3.8, 4) is 0 Å². The number of amides is 2.